The number of likely N-dealkylation sites (N-methyl/N-ethyl adjacent to an activating group) is 1. The SMILES string of the molecule is COCc1[nH]ncc1Nc1cc(Nc2cccc3c2C(=O)N(C)CC3)c(Cl)cn1. The van der Waals surface area contributed by atoms with Crippen molar-refractivity contribution in [1.82, 2.24) is 20.1 Å². The minimum atomic E-state index is 0.000446. The number of hydrogen-bond donors (Lipinski definition) is 3. The molecule has 150 valence electrons. The third kappa shape index (κ3) is 3.90. The van der Waals surface area contributed by atoms with Gasteiger partial charge in [0.1, 0.15) is 5.82 Å². The Morgan fingerprint density at radius 1 is 1.24 bits per heavy atom. The first kappa shape index (κ1) is 19.2. The minimum absolute atomic E-state index is 0.000446. The van der Waals surface area contributed by atoms with E-state index in [2.05, 4.69) is 25.8 Å². The number of H-pyrrole nitrogens is 1. The lowest BCUT2D eigenvalue weighted by molar-refractivity contribution is 0.0782. The predicted molar refractivity (Wildman–Crippen MR) is 112 cm³/mol. The molecule has 1 aliphatic rings. The maximum Gasteiger partial charge on any atom is 0.255 e. The first-order valence-corrected chi connectivity index (χ1v) is 9.52. The van der Waals surface area contributed by atoms with Gasteiger partial charge in [-0.15, -0.1) is 0 Å². The number of carbonyl (C=O) groups is 1. The van der Waals surface area contributed by atoms with Crippen molar-refractivity contribution in [3.8, 4) is 0 Å². The van der Waals surface area contributed by atoms with Gasteiger partial charge in [0.2, 0.25) is 0 Å². The van der Waals surface area contributed by atoms with Gasteiger partial charge in [0.05, 0.1) is 52.3 Å². The number of pyridine rings is 1. The van der Waals surface area contributed by atoms with E-state index < -0.39 is 0 Å². The Hall–Kier alpha value is -3.10. The highest BCUT2D eigenvalue weighted by Gasteiger charge is 2.24. The summed E-state index contributed by atoms with van der Waals surface area (Å²) in [6.45, 7) is 1.11. The molecule has 0 bridgehead atoms. The fourth-order valence-electron chi connectivity index (χ4n) is 3.31. The monoisotopic (exact) mass is 412 g/mol. The summed E-state index contributed by atoms with van der Waals surface area (Å²) in [6.07, 6.45) is 4.05. The highest BCUT2D eigenvalue weighted by molar-refractivity contribution is 6.33. The molecule has 0 atom stereocenters. The van der Waals surface area contributed by atoms with Gasteiger partial charge in [0.25, 0.3) is 5.91 Å². The quantitative estimate of drug-likeness (QED) is 0.571. The predicted octanol–water partition coefficient (Wildman–Crippen LogP) is 3.72. The summed E-state index contributed by atoms with van der Waals surface area (Å²) in [6, 6.07) is 7.61. The van der Waals surface area contributed by atoms with Gasteiger partial charge in [0, 0.05) is 26.8 Å². The Morgan fingerprint density at radius 3 is 2.93 bits per heavy atom. The average Bonchev–Trinajstić information content (AvgIpc) is 3.14. The van der Waals surface area contributed by atoms with Gasteiger partial charge in [-0.05, 0) is 18.1 Å². The maximum atomic E-state index is 12.7. The molecule has 9 heteroatoms. The van der Waals surface area contributed by atoms with Crippen molar-refractivity contribution >= 4 is 40.4 Å². The third-order valence-electron chi connectivity index (χ3n) is 4.82. The molecule has 3 N–H and O–H groups in total. The number of nitrogens with one attached hydrogen (secondary N) is 3. The number of anilines is 4. The smallest absolute Gasteiger partial charge is 0.255 e. The number of nitrogens with zero attached hydrogens (tertiary/aromatic N) is 3. The van der Waals surface area contributed by atoms with Crippen LogP contribution in [0.25, 0.3) is 0 Å². The highest BCUT2D eigenvalue weighted by atomic mass is 35.5. The zero-order valence-electron chi connectivity index (χ0n) is 16.1. The van der Waals surface area contributed by atoms with E-state index >= 15 is 0 Å². The van der Waals surface area contributed by atoms with Crippen LogP contribution in [0.5, 0.6) is 0 Å². The number of aromatic amines is 1. The number of aromatic nitrogens is 3. The molecule has 0 unspecified atom stereocenters. The summed E-state index contributed by atoms with van der Waals surface area (Å²) < 4.78 is 5.16. The molecule has 8 nitrogen and oxygen atoms in total. The minimum Gasteiger partial charge on any atom is -0.378 e. The molecular weight excluding hydrogens is 392 g/mol. The second kappa shape index (κ2) is 8.10. The third-order valence-corrected chi connectivity index (χ3v) is 5.12. The lowest BCUT2D eigenvalue weighted by Crippen LogP contribution is -2.34. The summed E-state index contributed by atoms with van der Waals surface area (Å²) in [5.41, 5.74) is 4.66. The molecule has 1 aliphatic heterocycles. The van der Waals surface area contributed by atoms with Crippen LogP contribution in [0.15, 0.2) is 36.7 Å². The summed E-state index contributed by atoms with van der Waals surface area (Å²) in [5, 5.41) is 13.9. The first-order chi connectivity index (χ1) is 14.1. The topological polar surface area (TPSA) is 95.2 Å². The van der Waals surface area contributed by atoms with Crippen LogP contribution in [0, 0.1) is 0 Å². The number of amides is 1. The average molecular weight is 413 g/mol. The molecule has 4 rings (SSSR count). The van der Waals surface area contributed by atoms with Gasteiger partial charge in [0.15, 0.2) is 0 Å². The number of carbonyl (C=O) groups excluding carboxylic acids is 1. The fraction of sp³-hybridized carbons (Fsp3) is 0.250. The van der Waals surface area contributed by atoms with Gasteiger partial charge in [-0.2, -0.15) is 5.10 Å². The van der Waals surface area contributed by atoms with Crippen LogP contribution in [0.2, 0.25) is 5.02 Å². The van der Waals surface area contributed by atoms with Crippen molar-refractivity contribution in [2.45, 2.75) is 13.0 Å². The number of benzene rings is 1. The molecule has 0 fully saturated rings. The standard InChI is InChI=1S/C20H21ClN6O2/c1-27-7-6-12-4-3-5-14(19(12)20(27)28)24-15-8-18(22-9-13(15)21)25-16-10-23-26-17(16)11-29-2/h3-5,8-10H,6-7,11H2,1-2H3,(H,23,26)(H2,22,24,25). The van der Waals surface area contributed by atoms with E-state index in [4.69, 9.17) is 16.3 Å². The van der Waals surface area contributed by atoms with Crippen LogP contribution in [0.3, 0.4) is 0 Å². The van der Waals surface area contributed by atoms with E-state index in [1.54, 1.807) is 30.5 Å². The summed E-state index contributed by atoms with van der Waals surface area (Å²) in [4.78, 5) is 18.8. The highest BCUT2D eigenvalue weighted by Crippen LogP contribution is 2.32. The molecular formula is C20H21ClN6O2. The van der Waals surface area contributed by atoms with Crippen LogP contribution >= 0.6 is 11.6 Å². The summed E-state index contributed by atoms with van der Waals surface area (Å²) >= 11 is 6.37. The normalized spacial score (nSPS) is 13.3. The lowest BCUT2D eigenvalue weighted by Gasteiger charge is -2.27. The number of hydrogen-bond acceptors (Lipinski definition) is 6. The Kier molecular flexibility index (Phi) is 5.37. The Morgan fingerprint density at radius 2 is 2.10 bits per heavy atom. The largest absolute Gasteiger partial charge is 0.378 e. The fourth-order valence-corrected chi connectivity index (χ4v) is 3.46. The second-order valence-corrected chi connectivity index (χ2v) is 7.22. The Bertz CT molecular complexity index is 1050. The van der Waals surface area contributed by atoms with Crippen LogP contribution in [0.4, 0.5) is 22.9 Å². The lowest BCUT2D eigenvalue weighted by atomic mass is 9.97. The molecule has 0 radical (unpaired) electrons. The van der Waals surface area contributed by atoms with Crippen molar-refractivity contribution in [1.29, 1.82) is 0 Å². The zero-order valence-corrected chi connectivity index (χ0v) is 16.9. The van der Waals surface area contributed by atoms with E-state index in [1.165, 1.54) is 0 Å². The van der Waals surface area contributed by atoms with E-state index in [9.17, 15) is 4.79 Å². The maximum absolute atomic E-state index is 12.7. The number of fused-ring (bicyclic) bond motifs is 1. The molecule has 0 saturated heterocycles. The van der Waals surface area contributed by atoms with Gasteiger partial charge < -0.3 is 20.3 Å². The number of rotatable bonds is 6. The van der Waals surface area contributed by atoms with Gasteiger partial charge in [-0.25, -0.2) is 4.98 Å². The second-order valence-electron chi connectivity index (χ2n) is 6.81. The van der Waals surface area contributed by atoms with Crippen molar-refractivity contribution in [2.24, 2.45) is 0 Å². The first-order valence-electron chi connectivity index (χ1n) is 9.15. The van der Waals surface area contributed by atoms with Gasteiger partial charge in [-0.3, -0.25) is 9.89 Å². The van der Waals surface area contributed by atoms with E-state index in [0.29, 0.717) is 35.2 Å². The molecule has 0 spiro atoms. The molecule has 0 saturated carbocycles. The van der Waals surface area contributed by atoms with Crippen molar-refractivity contribution in [3.63, 3.8) is 0 Å². The number of halogens is 1. The molecule has 2 aromatic heterocycles. The Labute approximate surface area is 173 Å². The van der Waals surface area contributed by atoms with Crippen molar-refractivity contribution in [2.75, 3.05) is 31.3 Å². The van der Waals surface area contributed by atoms with Crippen LogP contribution in [-0.2, 0) is 17.8 Å². The van der Waals surface area contributed by atoms with Crippen LogP contribution < -0.4 is 10.6 Å². The number of ether oxygens (including phenoxy) is 1. The van der Waals surface area contributed by atoms with E-state index in [0.717, 1.165) is 29.1 Å². The Balaban J connectivity index is 1.63. The molecule has 3 aromatic rings. The van der Waals surface area contributed by atoms with E-state index in [-0.39, 0.29) is 5.91 Å². The molecule has 3 heterocycles. The molecule has 0 aliphatic carbocycles. The summed E-state index contributed by atoms with van der Waals surface area (Å²) in [5.74, 6) is 0.587. The zero-order chi connectivity index (χ0) is 20.4. The van der Waals surface area contributed by atoms with Crippen molar-refractivity contribution in [3.05, 3.63) is 58.5 Å². The number of methoxy groups -OCH3 is 1. The van der Waals surface area contributed by atoms with Crippen LogP contribution in [0.1, 0.15) is 21.6 Å². The van der Waals surface area contributed by atoms with E-state index in [1.807, 2.05) is 25.2 Å². The van der Waals surface area contributed by atoms with Crippen LogP contribution in [-0.4, -0.2) is 46.7 Å². The molecule has 1 aromatic carbocycles. The summed E-state index contributed by atoms with van der Waals surface area (Å²) in [7, 11) is 3.43. The molecule has 29 heavy (non-hydrogen) atoms. The van der Waals surface area contributed by atoms with Gasteiger partial charge >= 0.3 is 0 Å². The van der Waals surface area contributed by atoms with Gasteiger partial charge in [-0.1, -0.05) is 23.7 Å². The molecule has 1 amide bonds. The van der Waals surface area contributed by atoms with Crippen molar-refractivity contribution < 1.29 is 9.53 Å².